The summed E-state index contributed by atoms with van der Waals surface area (Å²) in [6, 6.07) is 12.3. The Balaban J connectivity index is 0.761. The van der Waals surface area contributed by atoms with Crippen LogP contribution >= 0.6 is 0 Å². The quantitative estimate of drug-likeness (QED) is 0.0153. The number of nitrogens with two attached hydrogens (primary N) is 1. The third-order valence-electron chi connectivity index (χ3n) is 13.1. The summed E-state index contributed by atoms with van der Waals surface area (Å²) in [5.41, 5.74) is 9.56. The van der Waals surface area contributed by atoms with E-state index in [0.717, 1.165) is 17.5 Å². The highest BCUT2D eigenvalue weighted by atomic mass is 32.2. The number of esters is 1. The van der Waals surface area contributed by atoms with Gasteiger partial charge in [0.25, 0.3) is 0 Å². The number of amides is 2. The van der Waals surface area contributed by atoms with Crippen molar-refractivity contribution in [3.8, 4) is 16.9 Å². The third kappa shape index (κ3) is 25.9. The number of fused-ring (bicyclic) bond motifs is 1. The van der Waals surface area contributed by atoms with Crippen molar-refractivity contribution in [1.29, 1.82) is 0 Å². The Hall–Kier alpha value is -5.62. The van der Waals surface area contributed by atoms with Crippen LogP contribution in [0.15, 0.2) is 62.8 Å². The van der Waals surface area contributed by atoms with Gasteiger partial charge in [0.15, 0.2) is 16.5 Å². The Morgan fingerprint density at radius 1 is 0.652 bits per heavy atom. The van der Waals surface area contributed by atoms with Crippen molar-refractivity contribution in [2.24, 2.45) is 16.6 Å². The Bertz CT molecular complexity index is 2970. The maximum absolute atomic E-state index is 14.0. The lowest BCUT2D eigenvalue weighted by Crippen LogP contribution is -2.53. The molecule has 0 bridgehead atoms. The molecule has 0 atom stereocenters. The summed E-state index contributed by atoms with van der Waals surface area (Å²) >= 11 is 0. The van der Waals surface area contributed by atoms with E-state index in [9.17, 15) is 53.9 Å². The molecular formula is C58H81F4N5O20S2. The van der Waals surface area contributed by atoms with Crippen molar-refractivity contribution in [2.45, 2.75) is 55.2 Å². The first kappa shape index (κ1) is 74.1. The van der Waals surface area contributed by atoms with Crippen molar-refractivity contribution < 1.29 is 111 Å². The number of hydrogen-bond donors (Lipinski definition) is 4. The van der Waals surface area contributed by atoms with Gasteiger partial charge in [-0.2, -0.15) is 21.5 Å². The topological polar surface area (TPSA) is 318 Å². The largest absolute Gasteiger partial charge is 0.420 e. The zero-order valence-electron chi connectivity index (χ0n) is 49.8. The van der Waals surface area contributed by atoms with E-state index in [-0.39, 0.29) is 94.8 Å². The molecule has 0 aliphatic carbocycles. The molecule has 3 aromatic rings. The molecule has 25 nitrogen and oxygen atoms in total. The zero-order chi connectivity index (χ0) is 64.4. The number of aliphatic hydroxyl groups is 1. The number of amidine groups is 1. The van der Waals surface area contributed by atoms with Gasteiger partial charge in [-0.1, -0.05) is 31.2 Å². The van der Waals surface area contributed by atoms with Gasteiger partial charge >= 0.3 is 16.1 Å². The van der Waals surface area contributed by atoms with Gasteiger partial charge in [0.1, 0.15) is 5.84 Å². The number of sulfonamides is 1. The maximum atomic E-state index is 14.0. The molecule has 0 aromatic heterocycles. The molecule has 2 heterocycles. The smallest absolute Gasteiger partial charge is 0.313 e. The van der Waals surface area contributed by atoms with E-state index in [4.69, 9.17) is 57.7 Å². The van der Waals surface area contributed by atoms with Crippen LogP contribution in [-0.2, 0) is 81.9 Å². The van der Waals surface area contributed by atoms with Crippen molar-refractivity contribution in [1.82, 2.24) is 14.5 Å². The minimum absolute atomic E-state index is 0.0105. The van der Waals surface area contributed by atoms with Crippen LogP contribution in [0.1, 0.15) is 51.0 Å². The molecule has 3 aromatic carbocycles. The van der Waals surface area contributed by atoms with Gasteiger partial charge in [0.05, 0.1) is 149 Å². The molecule has 0 spiro atoms. The number of aliphatic imine (C=N–C) groups is 1. The molecule has 31 heteroatoms. The lowest BCUT2D eigenvalue weighted by atomic mass is 10.0. The molecule has 89 heavy (non-hydrogen) atoms. The first-order chi connectivity index (χ1) is 42.8. The maximum Gasteiger partial charge on any atom is 0.313 e. The van der Waals surface area contributed by atoms with Crippen LogP contribution in [0.3, 0.4) is 0 Å². The number of carbonyl (C=O) groups is 3. The second kappa shape index (κ2) is 40.3. The normalized spacial score (nSPS) is 13.8. The van der Waals surface area contributed by atoms with Crippen molar-refractivity contribution >= 4 is 55.5 Å². The van der Waals surface area contributed by atoms with E-state index >= 15 is 0 Å². The lowest BCUT2D eigenvalue weighted by Gasteiger charge is -2.38. The fourth-order valence-corrected chi connectivity index (χ4v) is 10.8. The highest BCUT2D eigenvalue weighted by Gasteiger charge is 2.37. The Kier molecular flexibility index (Phi) is 33.5. The molecule has 2 aliphatic heterocycles. The van der Waals surface area contributed by atoms with Gasteiger partial charge in [-0.25, -0.2) is 22.2 Å². The van der Waals surface area contributed by atoms with E-state index < -0.39 is 66.4 Å². The first-order valence-corrected chi connectivity index (χ1v) is 32.0. The lowest BCUT2D eigenvalue weighted by molar-refractivity contribution is -0.136. The number of carbonyl (C=O) groups excluding carboxylic acids is 3. The number of benzene rings is 3. The Morgan fingerprint density at radius 3 is 1.62 bits per heavy atom. The average molecular weight is 1310 g/mol. The fraction of sp³-hybridized carbons (Fsp3) is 0.586. The highest BCUT2D eigenvalue weighted by Crippen LogP contribution is 2.35. The fourth-order valence-electron chi connectivity index (χ4n) is 8.56. The predicted molar refractivity (Wildman–Crippen MR) is 313 cm³/mol. The van der Waals surface area contributed by atoms with E-state index in [0.29, 0.717) is 148 Å². The van der Waals surface area contributed by atoms with Crippen LogP contribution in [0, 0.1) is 29.2 Å². The summed E-state index contributed by atoms with van der Waals surface area (Å²) in [5.74, 6) is -12.8. The van der Waals surface area contributed by atoms with Crippen molar-refractivity contribution in [3.63, 3.8) is 0 Å². The molecule has 1 saturated heterocycles. The second-order valence-corrected chi connectivity index (χ2v) is 23.2. The van der Waals surface area contributed by atoms with Crippen LogP contribution < -0.4 is 15.8 Å². The third-order valence-corrected chi connectivity index (χ3v) is 15.8. The van der Waals surface area contributed by atoms with Crippen LogP contribution in [0.4, 0.5) is 23.2 Å². The van der Waals surface area contributed by atoms with Gasteiger partial charge in [-0.05, 0) is 54.7 Å². The summed E-state index contributed by atoms with van der Waals surface area (Å²) in [6.07, 6.45) is 3.67. The van der Waals surface area contributed by atoms with Crippen LogP contribution in [0.25, 0.3) is 17.2 Å². The number of aliphatic hydroxyl groups excluding tert-OH is 1. The number of unbranched alkanes of at least 4 members (excludes halogenated alkanes) is 1. The minimum Gasteiger partial charge on any atom is -0.420 e. The molecule has 0 saturated carbocycles. The summed E-state index contributed by atoms with van der Waals surface area (Å²) in [4.78, 5) is 42.2. The second-order valence-electron chi connectivity index (χ2n) is 20.0. The van der Waals surface area contributed by atoms with Crippen LogP contribution in [0.2, 0.25) is 0 Å². The van der Waals surface area contributed by atoms with E-state index in [1.165, 1.54) is 4.31 Å². The van der Waals surface area contributed by atoms with Crippen molar-refractivity contribution in [2.75, 3.05) is 171 Å². The Labute approximate surface area is 515 Å². The molecule has 0 radical (unpaired) electrons. The SMILES string of the molecule is CCCN(CCCCO)C(=O)C1=Cc2ccc(-c3cccc(S(=O)(=O)N4CC(CNC(=O)CCOCCOCCOCCOCCOCCOCCOCCOCCOCCOCCC(=O)Oc5c(F)c(F)c(S(=O)(=O)O)c(F)c5F)C4)c3)cc2N=C(N)C1. The Morgan fingerprint density at radius 2 is 1.13 bits per heavy atom. The molecule has 1 fully saturated rings. The number of ether oxygens (including phenoxy) is 11. The number of hydrogen-bond acceptors (Lipinski definition) is 21. The zero-order valence-corrected chi connectivity index (χ0v) is 51.4. The number of nitrogens with zero attached hydrogens (tertiary/aromatic N) is 3. The number of nitrogens with one attached hydrogen (secondary N) is 1. The average Bonchev–Trinajstić information content (AvgIpc) is 1.73. The molecule has 2 amide bonds. The monoisotopic (exact) mass is 1310 g/mol. The molecule has 2 aliphatic rings. The van der Waals surface area contributed by atoms with Crippen molar-refractivity contribution in [3.05, 3.63) is 76.9 Å². The molecule has 5 N–H and O–H groups in total. The van der Waals surface area contributed by atoms with Gasteiger partial charge in [0.2, 0.25) is 39.2 Å². The predicted octanol–water partition coefficient (Wildman–Crippen LogP) is 4.23. The molecular weight excluding hydrogens is 1230 g/mol. The number of rotatable bonds is 47. The molecule has 5 rings (SSSR count). The van der Waals surface area contributed by atoms with Gasteiger partial charge < -0.3 is 73.2 Å². The van der Waals surface area contributed by atoms with Crippen LogP contribution in [0.5, 0.6) is 5.75 Å². The molecule has 0 unspecified atom stereocenters. The highest BCUT2D eigenvalue weighted by molar-refractivity contribution is 7.89. The van der Waals surface area contributed by atoms with Crippen LogP contribution in [-0.4, -0.2) is 231 Å². The molecule has 498 valence electrons. The van der Waals surface area contributed by atoms with Gasteiger partial charge in [-0.3, -0.25) is 18.9 Å². The van der Waals surface area contributed by atoms with E-state index in [1.807, 2.05) is 37.3 Å². The summed E-state index contributed by atoms with van der Waals surface area (Å²) in [6.45, 7) is 9.55. The standard InChI is InChI=1S/C58H81F4N5O20S2/c1-2-12-66(13-3-4-14-68)58(71)46-35-45-9-8-44(37-48(45)65-49(63)38-46)43-6-5-7-47(36-43)88(72,73)67-40-42(41-67)39-64-50(69)10-15-77-17-19-79-21-23-81-25-27-83-29-31-85-33-34-86-32-30-84-28-26-82-24-22-80-20-18-78-16-11-51(70)87-56-52(59)54(61)57(89(74,75)76)55(62)53(56)60/h5-9,35-37,42,68H,2-4,10-34,38-41H2,1H3,(H2,63,65)(H,64,69)(H,74,75,76). The van der Waals surface area contributed by atoms with Gasteiger partial charge in [0, 0.05) is 69.2 Å². The first-order valence-electron chi connectivity index (χ1n) is 29.1. The number of halogens is 4. The van der Waals surface area contributed by atoms with E-state index in [1.54, 1.807) is 23.1 Å². The minimum atomic E-state index is -5.66. The summed E-state index contributed by atoms with van der Waals surface area (Å²) in [7, 11) is -9.46. The summed E-state index contributed by atoms with van der Waals surface area (Å²) < 4.78 is 174. The van der Waals surface area contributed by atoms with E-state index in [2.05, 4.69) is 15.0 Å². The van der Waals surface area contributed by atoms with Gasteiger partial charge in [-0.15, -0.1) is 0 Å². The summed E-state index contributed by atoms with van der Waals surface area (Å²) in [5, 5.41) is 12.1.